The second-order valence-electron chi connectivity index (χ2n) is 21.9. The maximum atomic E-state index is 2.61. The zero-order valence-electron chi connectivity index (χ0n) is 45.4. The van der Waals surface area contributed by atoms with Crippen molar-refractivity contribution in [3.8, 4) is 89.0 Å². The van der Waals surface area contributed by atoms with E-state index in [1.165, 1.54) is 188 Å². The highest BCUT2D eigenvalue weighted by Crippen LogP contribution is 2.61. The van der Waals surface area contributed by atoms with Gasteiger partial charge < -0.3 is 0 Å². The highest BCUT2D eigenvalue weighted by Gasteiger charge is 2.38. The van der Waals surface area contributed by atoms with Crippen LogP contribution in [-0.2, 0) is 32.1 Å². The van der Waals surface area contributed by atoms with E-state index in [4.69, 9.17) is 0 Å². The molecule has 0 unspecified atom stereocenters. The summed E-state index contributed by atoms with van der Waals surface area (Å²) in [6.45, 7) is 19.1. The zero-order valence-corrected chi connectivity index (χ0v) is 45.4. The van der Waals surface area contributed by atoms with Crippen LogP contribution in [0.3, 0.4) is 0 Å². The lowest BCUT2D eigenvalue weighted by atomic mass is 9.77. The van der Waals surface area contributed by atoms with E-state index in [2.05, 4.69) is 225 Å². The largest absolute Gasteiger partial charge is 0.0757 e. The van der Waals surface area contributed by atoms with E-state index in [9.17, 15) is 0 Å². The molecule has 0 heterocycles. The van der Waals surface area contributed by atoms with Gasteiger partial charge in [-0.3, -0.25) is 0 Å². The lowest BCUT2D eigenvalue weighted by Crippen LogP contribution is -2.05. The summed E-state index contributed by atoms with van der Waals surface area (Å²) in [4.78, 5) is 0. The summed E-state index contributed by atoms with van der Waals surface area (Å²) in [7, 11) is 0. The fourth-order valence-corrected chi connectivity index (χ4v) is 15.2. The Hall–Kier alpha value is -8.06. The van der Waals surface area contributed by atoms with Gasteiger partial charge in [-0.05, 0) is 254 Å². The van der Waals surface area contributed by atoms with E-state index in [0.717, 1.165) is 38.5 Å². The lowest BCUT2D eigenvalue weighted by Gasteiger charge is -2.27. The van der Waals surface area contributed by atoms with Crippen molar-refractivity contribution in [2.45, 2.75) is 93.9 Å². The Morgan fingerprint density at radius 1 is 0.289 bits per heavy atom. The van der Waals surface area contributed by atoms with E-state index in [1.54, 1.807) is 0 Å². The van der Waals surface area contributed by atoms with E-state index in [0.29, 0.717) is 0 Å². The van der Waals surface area contributed by atoms with E-state index in [1.807, 2.05) is 0 Å². The summed E-state index contributed by atoms with van der Waals surface area (Å²) in [5.74, 6) is 0. The second kappa shape index (κ2) is 17.8. The standard InChI is InChI=1S/C76H64/c1-9-51-69-59-37-25-35-57-55(39-41-61(67(57)59)71(69)53(11-3)75-65(49-31-21-15-22-32-49)45(7)43(5)63(73(51)75)47-27-17-13-18-28-47)56-40-42-62-68-58(56)36-26-38-60(68)70-52(10-2)74-64(48-29-19-14-20-30-48)44(6)46(8)66(50-33-23-16-24-34-50)76(74)54(12-4)72(62)70/h13-25,27-35,37-42H,9-12,26,36H2,1-8H3. The molecule has 368 valence electrons. The molecule has 14 rings (SSSR count). The van der Waals surface area contributed by atoms with E-state index >= 15 is 0 Å². The molecular weight excluding hydrogens is 913 g/mol. The second-order valence-corrected chi connectivity index (χ2v) is 21.9. The van der Waals surface area contributed by atoms with Crippen molar-refractivity contribution in [1.29, 1.82) is 0 Å². The van der Waals surface area contributed by atoms with Crippen molar-refractivity contribution in [3.63, 3.8) is 0 Å². The third kappa shape index (κ3) is 6.31. The van der Waals surface area contributed by atoms with Crippen molar-refractivity contribution in [3.05, 3.63) is 231 Å². The molecule has 0 heteroatoms. The van der Waals surface area contributed by atoms with Crippen molar-refractivity contribution >= 4 is 37.9 Å². The Morgan fingerprint density at radius 3 is 1.07 bits per heavy atom. The summed E-state index contributed by atoms with van der Waals surface area (Å²) in [5.41, 5.74) is 39.4. The van der Waals surface area contributed by atoms with Gasteiger partial charge in [-0.15, -0.1) is 0 Å². The van der Waals surface area contributed by atoms with Crippen LogP contribution >= 0.6 is 0 Å². The monoisotopic (exact) mass is 977 g/mol. The molecule has 11 aromatic rings. The van der Waals surface area contributed by atoms with Crippen LogP contribution in [0.15, 0.2) is 170 Å². The first kappa shape index (κ1) is 46.5. The van der Waals surface area contributed by atoms with Crippen molar-refractivity contribution in [2.75, 3.05) is 0 Å². The van der Waals surface area contributed by atoms with Crippen molar-refractivity contribution in [1.82, 2.24) is 0 Å². The predicted molar refractivity (Wildman–Crippen MR) is 328 cm³/mol. The first-order valence-corrected chi connectivity index (χ1v) is 28.3. The fraction of sp³-hybridized carbons (Fsp3) is 0.184. The smallest absolute Gasteiger partial charge is 0.00199 e. The average molecular weight is 977 g/mol. The molecule has 0 aliphatic heterocycles. The molecule has 0 saturated carbocycles. The number of aryl methyl sites for hydroxylation is 4. The highest BCUT2D eigenvalue weighted by molar-refractivity contribution is 6.26. The summed E-state index contributed by atoms with van der Waals surface area (Å²) in [6, 6.07) is 62.2. The number of hydrogen-bond donors (Lipinski definition) is 0. The van der Waals surface area contributed by atoms with Gasteiger partial charge >= 0.3 is 0 Å². The van der Waals surface area contributed by atoms with E-state index in [-0.39, 0.29) is 0 Å². The molecule has 0 atom stereocenters. The lowest BCUT2D eigenvalue weighted by molar-refractivity contribution is 0.983. The molecule has 0 radical (unpaired) electrons. The molecule has 0 saturated heterocycles. The zero-order chi connectivity index (χ0) is 51.7. The number of allylic oxidation sites excluding steroid dienone is 1. The summed E-state index contributed by atoms with van der Waals surface area (Å²) in [5, 5.41) is 8.52. The number of hydrogen-bond acceptors (Lipinski definition) is 0. The van der Waals surface area contributed by atoms with Crippen LogP contribution in [0.1, 0.15) is 95.3 Å². The van der Waals surface area contributed by atoms with Crippen LogP contribution in [-0.4, -0.2) is 0 Å². The fourth-order valence-electron chi connectivity index (χ4n) is 15.2. The molecule has 0 nitrogen and oxygen atoms in total. The molecule has 11 aromatic carbocycles. The van der Waals surface area contributed by atoms with Gasteiger partial charge in [0, 0.05) is 0 Å². The molecule has 0 N–H and O–H groups in total. The van der Waals surface area contributed by atoms with Crippen LogP contribution in [0.2, 0.25) is 0 Å². The van der Waals surface area contributed by atoms with E-state index < -0.39 is 0 Å². The van der Waals surface area contributed by atoms with Gasteiger partial charge in [0.25, 0.3) is 0 Å². The Labute approximate surface area is 449 Å². The van der Waals surface area contributed by atoms with Gasteiger partial charge in [0.15, 0.2) is 0 Å². The van der Waals surface area contributed by atoms with Gasteiger partial charge in [-0.25, -0.2) is 0 Å². The van der Waals surface area contributed by atoms with Crippen LogP contribution in [0.25, 0.3) is 127 Å². The predicted octanol–water partition coefficient (Wildman–Crippen LogP) is 21.0. The highest BCUT2D eigenvalue weighted by atomic mass is 14.4. The Kier molecular flexibility index (Phi) is 10.9. The van der Waals surface area contributed by atoms with Crippen LogP contribution in [0.5, 0.6) is 0 Å². The molecule has 0 bridgehead atoms. The van der Waals surface area contributed by atoms with Crippen LogP contribution in [0, 0.1) is 27.7 Å². The maximum Gasteiger partial charge on any atom is -0.00199 e. The SMILES string of the molecule is CCc1c2c(c(CC)c3c(-c4ccccc4)c(C)c(C)c(-c4ccccc4)c13)-c1ccc(-c3ccc4c5c(cccc35)-c3c-4c(CC)c4c(-c5ccccc5)c(C)c(C)c(-c5ccccc5)c4c3CC)c3c1C2=CCC3. The molecule has 76 heavy (non-hydrogen) atoms. The topological polar surface area (TPSA) is 0 Å². The van der Waals surface area contributed by atoms with Crippen molar-refractivity contribution < 1.29 is 0 Å². The van der Waals surface area contributed by atoms with Gasteiger partial charge in [-0.1, -0.05) is 198 Å². The number of benzene rings is 11. The quantitative estimate of drug-likeness (QED) is 0.135. The minimum atomic E-state index is 0.939. The number of fused-ring (bicyclic) bond motifs is 8. The van der Waals surface area contributed by atoms with Gasteiger partial charge in [0.2, 0.25) is 0 Å². The minimum Gasteiger partial charge on any atom is -0.0757 e. The van der Waals surface area contributed by atoms with Crippen LogP contribution in [0.4, 0.5) is 0 Å². The first-order valence-electron chi connectivity index (χ1n) is 28.3. The Bertz CT molecular complexity index is 4190. The molecule has 3 aliphatic carbocycles. The summed E-state index contributed by atoms with van der Waals surface area (Å²) >= 11 is 0. The number of rotatable bonds is 9. The Morgan fingerprint density at radius 2 is 0.645 bits per heavy atom. The maximum absolute atomic E-state index is 2.61. The van der Waals surface area contributed by atoms with Crippen molar-refractivity contribution in [2.24, 2.45) is 0 Å². The average Bonchev–Trinajstić information content (AvgIpc) is 4.20. The molecule has 0 amide bonds. The summed E-state index contributed by atoms with van der Waals surface area (Å²) in [6.07, 6.45) is 8.45. The molecule has 0 aromatic heterocycles. The molecular formula is C76H64. The normalized spacial score (nSPS) is 12.9. The molecule has 0 fully saturated rings. The minimum absolute atomic E-state index is 0.939. The Balaban J connectivity index is 1.04. The summed E-state index contributed by atoms with van der Waals surface area (Å²) < 4.78 is 0. The third-order valence-electron chi connectivity index (χ3n) is 18.4. The third-order valence-corrected chi connectivity index (χ3v) is 18.4. The molecule has 3 aliphatic rings. The molecule has 0 spiro atoms. The van der Waals surface area contributed by atoms with Gasteiger partial charge in [0.1, 0.15) is 0 Å². The van der Waals surface area contributed by atoms with Gasteiger partial charge in [0.05, 0.1) is 0 Å². The van der Waals surface area contributed by atoms with Gasteiger partial charge in [-0.2, -0.15) is 0 Å². The van der Waals surface area contributed by atoms with Crippen LogP contribution < -0.4 is 0 Å². The first-order chi connectivity index (χ1) is 37.3.